The van der Waals surface area contributed by atoms with Crippen molar-refractivity contribution in [3.05, 3.63) is 199 Å². The topological polar surface area (TPSA) is 366 Å². The third-order valence-corrected chi connectivity index (χ3v) is 17.1. The molecule has 9 rings (SSSR count). The van der Waals surface area contributed by atoms with E-state index in [4.69, 9.17) is 28.4 Å². The van der Waals surface area contributed by atoms with Gasteiger partial charge in [0.1, 0.15) is 57.5 Å². The molecule has 1 aliphatic rings. The number of aliphatic carboxylic acids is 4. The van der Waals surface area contributed by atoms with Gasteiger partial charge in [0.25, 0.3) is 0 Å². The molecule has 96 heavy (non-hydrogen) atoms. The molecule has 12 N–H and O–H groups in total. The van der Waals surface area contributed by atoms with Gasteiger partial charge >= 0.3 is 23.9 Å². The van der Waals surface area contributed by atoms with Gasteiger partial charge in [0.2, 0.25) is 0 Å². The van der Waals surface area contributed by atoms with Gasteiger partial charge in [0.05, 0.1) is 13.2 Å². The maximum atomic E-state index is 12.6. The Morgan fingerprint density at radius 3 is 0.708 bits per heavy atom. The molecule has 8 atom stereocenters. The fourth-order valence-electron chi connectivity index (χ4n) is 12.4. The number of hydrogen-bond donors (Lipinski definition) is 12. The van der Waals surface area contributed by atoms with Crippen LogP contribution in [0, 0.1) is 13.8 Å². The molecule has 0 fully saturated rings. The average Bonchev–Trinajstić information content (AvgIpc) is 0.742. The molecule has 0 saturated carbocycles. The van der Waals surface area contributed by atoms with Crippen LogP contribution in [0.15, 0.2) is 121 Å². The molecule has 504 valence electrons. The number of carboxylic acids is 4. The molecule has 0 amide bonds. The zero-order valence-corrected chi connectivity index (χ0v) is 53.9. The lowest BCUT2D eigenvalue weighted by atomic mass is 9.75. The van der Waals surface area contributed by atoms with Crippen LogP contribution in [0.4, 0.5) is 0 Å². The zero-order valence-electron chi connectivity index (χ0n) is 53.9. The number of phenolic OH excluding ortho intramolecular Hbond substituents is 8. The summed E-state index contributed by atoms with van der Waals surface area (Å²) in [6.07, 6.45) is -4.85. The highest BCUT2D eigenvalue weighted by Crippen LogP contribution is 2.55. The first kappa shape index (κ1) is 69.2. The van der Waals surface area contributed by atoms with Gasteiger partial charge in [0.15, 0.2) is 47.4 Å². The summed E-state index contributed by atoms with van der Waals surface area (Å²) in [5.41, 5.74) is 1.52. The van der Waals surface area contributed by atoms with Crippen molar-refractivity contribution in [1.82, 2.24) is 0 Å². The normalized spacial score (nSPS) is 16.2. The highest BCUT2D eigenvalue weighted by atomic mass is 16.6. The van der Waals surface area contributed by atoms with Crippen LogP contribution in [0.5, 0.6) is 80.5 Å². The molecule has 0 saturated heterocycles. The van der Waals surface area contributed by atoms with E-state index >= 15 is 0 Å². The third-order valence-electron chi connectivity index (χ3n) is 17.1. The van der Waals surface area contributed by atoms with Gasteiger partial charge in [-0.1, -0.05) is 64.1 Å². The van der Waals surface area contributed by atoms with E-state index in [-0.39, 0.29) is 129 Å². The fraction of sp³-hybridized carbons (Fsp3) is 0.297. The van der Waals surface area contributed by atoms with Crippen molar-refractivity contribution in [3.8, 4) is 80.5 Å². The van der Waals surface area contributed by atoms with Gasteiger partial charge in [0, 0.05) is 92.4 Å². The minimum absolute atomic E-state index is 0.00949. The Kier molecular flexibility index (Phi) is 20.9. The number of fused-ring (bicyclic) bond motifs is 8. The zero-order chi connectivity index (χ0) is 69.7. The Balaban J connectivity index is 1.47. The number of ether oxygens (including phenoxy) is 6. The van der Waals surface area contributed by atoms with E-state index in [1.807, 2.05) is 0 Å². The predicted octanol–water partition coefficient (Wildman–Crippen LogP) is 12.7. The van der Waals surface area contributed by atoms with Crippen molar-refractivity contribution >= 4 is 23.9 Å². The molecule has 0 aliphatic heterocycles. The molecular weight excluding hydrogens is 1240 g/mol. The van der Waals surface area contributed by atoms with E-state index in [2.05, 4.69) is 0 Å². The molecule has 8 bridgehead atoms. The number of hydrogen-bond acceptors (Lipinski definition) is 18. The minimum atomic E-state index is -1.42. The molecule has 0 heterocycles. The lowest BCUT2D eigenvalue weighted by molar-refractivity contribution is -0.146. The van der Waals surface area contributed by atoms with Crippen molar-refractivity contribution < 1.29 is 109 Å². The van der Waals surface area contributed by atoms with Crippen molar-refractivity contribution in [2.45, 2.75) is 129 Å². The Labute approximate surface area is 552 Å². The van der Waals surface area contributed by atoms with Crippen molar-refractivity contribution in [1.29, 1.82) is 0 Å². The quantitative estimate of drug-likeness (QED) is 0.0267. The molecule has 8 unspecified atom stereocenters. The van der Waals surface area contributed by atoms with E-state index in [1.54, 1.807) is 79.7 Å². The van der Waals surface area contributed by atoms with E-state index in [0.717, 1.165) is 24.3 Å². The van der Waals surface area contributed by atoms with Crippen LogP contribution in [0.25, 0.3) is 0 Å². The Bertz CT molecular complexity index is 4010. The summed E-state index contributed by atoms with van der Waals surface area (Å²) in [4.78, 5) is 49.3. The second-order valence-electron chi connectivity index (χ2n) is 23.4. The van der Waals surface area contributed by atoms with E-state index in [1.165, 1.54) is 72.8 Å². The summed E-state index contributed by atoms with van der Waals surface area (Å²) in [5.74, 6) is -14.6. The number of phenols is 8. The number of benzene rings is 8. The maximum absolute atomic E-state index is 12.6. The summed E-state index contributed by atoms with van der Waals surface area (Å²) < 4.78 is 36.2. The summed E-state index contributed by atoms with van der Waals surface area (Å²) in [6, 6.07) is 28.3. The lowest BCUT2D eigenvalue weighted by Gasteiger charge is -2.30. The number of carbonyl (C=O) groups is 4. The van der Waals surface area contributed by atoms with Crippen LogP contribution < -0.4 is 28.4 Å². The number of carboxylic acid groups (broad SMARTS) is 4. The lowest BCUT2D eigenvalue weighted by Crippen LogP contribution is -2.26. The molecule has 0 radical (unpaired) electrons. The van der Waals surface area contributed by atoms with Crippen LogP contribution >= 0.6 is 0 Å². The van der Waals surface area contributed by atoms with Crippen molar-refractivity contribution in [2.75, 3.05) is 13.2 Å². The van der Waals surface area contributed by atoms with Crippen molar-refractivity contribution in [2.24, 2.45) is 0 Å². The van der Waals surface area contributed by atoms with Crippen LogP contribution in [-0.2, 0) is 19.2 Å². The maximum Gasteiger partial charge on any atom is 0.344 e. The van der Waals surface area contributed by atoms with Gasteiger partial charge in [-0.2, -0.15) is 0 Å². The molecule has 22 heteroatoms. The molecule has 8 aromatic rings. The summed E-state index contributed by atoms with van der Waals surface area (Å²) in [7, 11) is 0. The SMILES string of the molecule is CCOc1cc(C2c3cc(c(O)cc3O)C(c3ccc(OC(CC)C(=O)O)c(C)c3)c3cc(c(O)cc3O)C(c3ccc(OC(CC)C(=O)O)c(C)c3)c3cc(c(O)cc3O)C(c3ccc(OC(CC)C(=O)O)c(OCC)c3)c3cc2c(O)cc3O)ccc1OC(CC)C(=O)O. The van der Waals surface area contributed by atoms with Crippen LogP contribution in [0.1, 0.15) is 169 Å². The molecule has 0 aromatic heterocycles. The number of aromatic hydroxyl groups is 8. The fourth-order valence-corrected chi connectivity index (χ4v) is 12.4. The van der Waals surface area contributed by atoms with E-state index in [0.29, 0.717) is 22.3 Å². The average molecular weight is 1320 g/mol. The molecule has 22 nitrogen and oxygen atoms in total. The van der Waals surface area contributed by atoms with Gasteiger partial charge in [-0.25, -0.2) is 19.2 Å². The van der Waals surface area contributed by atoms with Gasteiger partial charge < -0.3 is 89.7 Å². The largest absolute Gasteiger partial charge is 0.507 e. The second kappa shape index (κ2) is 29.0. The first-order valence-corrected chi connectivity index (χ1v) is 31.3. The molecular formula is C74H76O22. The Morgan fingerprint density at radius 2 is 0.510 bits per heavy atom. The smallest absolute Gasteiger partial charge is 0.344 e. The molecule has 1 aliphatic carbocycles. The summed E-state index contributed by atoms with van der Waals surface area (Å²) >= 11 is 0. The first-order chi connectivity index (χ1) is 45.7. The van der Waals surface area contributed by atoms with Crippen molar-refractivity contribution in [3.63, 3.8) is 0 Å². The van der Waals surface area contributed by atoms with E-state index in [9.17, 15) is 80.5 Å². The van der Waals surface area contributed by atoms with E-state index < -0.39 is 118 Å². The second-order valence-corrected chi connectivity index (χ2v) is 23.4. The molecule has 8 aromatic carbocycles. The standard InChI is InChI=1S/C74H76O22/c1-9-57(71(83)84)93-61-19-15-37(23-35(61)7)67-41-27-42(50(76)31-49(41)75)68(38-16-20-62(36(8)24-38)94-58(10-2)72(85)86)44-29-46(54(80)33-52(44)78)70(40-18-22-64(66(26-40)92-14-6)96-60(12-4)74(89)90)48-30-47(55(81)34-56(48)82)69(45-28-43(67)51(77)32-53(45)79)39-17-21-63(65(25-39)91-13-5)95-59(11-3)73(87)88/h15-34,57-60,67-70,75-82H,9-14H2,1-8H3,(H,83,84)(H,85,86)(H,87,88)(H,89,90). The monoisotopic (exact) mass is 1320 g/mol. The predicted molar refractivity (Wildman–Crippen MR) is 350 cm³/mol. The first-order valence-electron chi connectivity index (χ1n) is 31.3. The number of rotatable bonds is 24. The van der Waals surface area contributed by atoms with Crippen LogP contribution in [0.2, 0.25) is 0 Å². The Hall–Kier alpha value is -11.2. The highest BCUT2D eigenvalue weighted by molar-refractivity contribution is 5.75. The number of aryl methyl sites for hydroxylation is 2. The van der Waals surface area contributed by atoms with Gasteiger partial charge in [-0.15, -0.1) is 0 Å². The molecule has 0 spiro atoms. The summed E-state index contributed by atoms with van der Waals surface area (Å²) in [6.45, 7) is 13.3. The third kappa shape index (κ3) is 14.0. The van der Waals surface area contributed by atoms with Gasteiger partial charge in [-0.05, 0) is 147 Å². The van der Waals surface area contributed by atoms with Crippen LogP contribution in [-0.4, -0.2) is 123 Å². The van der Waals surface area contributed by atoms with Crippen LogP contribution in [0.3, 0.4) is 0 Å². The van der Waals surface area contributed by atoms with Gasteiger partial charge in [-0.3, -0.25) is 0 Å². The minimum Gasteiger partial charge on any atom is -0.507 e. The highest BCUT2D eigenvalue weighted by Gasteiger charge is 2.37. The summed E-state index contributed by atoms with van der Waals surface area (Å²) in [5, 5.41) is 141. The Morgan fingerprint density at radius 1 is 0.302 bits per heavy atom.